The molecule has 8 rings (SSSR count). The maximum Gasteiger partial charge on any atom is 0.160 e. The zero-order valence-corrected chi connectivity index (χ0v) is 22.4. The molecule has 0 bridgehead atoms. The molecule has 0 saturated carbocycles. The molecule has 186 valence electrons. The minimum Gasteiger partial charge on any atom is -0.456 e. The Morgan fingerprint density at radius 1 is 0.641 bits per heavy atom. The fraction of sp³-hybridized carbons (Fsp3) is 0.0857. The Morgan fingerprint density at radius 2 is 1.38 bits per heavy atom. The quantitative estimate of drug-likeness (QED) is 0.227. The van der Waals surface area contributed by atoms with Gasteiger partial charge in [-0.1, -0.05) is 98.4 Å². The molecule has 0 N–H and O–H groups in total. The van der Waals surface area contributed by atoms with Crippen LogP contribution in [0.4, 0.5) is 0 Å². The van der Waals surface area contributed by atoms with E-state index in [1.165, 1.54) is 20.9 Å². The fourth-order valence-corrected chi connectivity index (χ4v) is 7.49. The highest BCUT2D eigenvalue weighted by molar-refractivity contribution is 7.99. The molecule has 1 aliphatic heterocycles. The predicted octanol–water partition coefficient (Wildman–Crippen LogP) is 9.65. The molecule has 3 nitrogen and oxygen atoms in total. The molecule has 7 aromatic rings. The van der Waals surface area contributed by atoms with Crippen LogP contribution in [0.3, 0.4) is 0 Å². The summed E-state index contributed by atoms with van der Waals surface area (Å²) in [6.07, 6.45) is 0. The van der Waals surface area contributed by atoms with Gasteiger partial charge in [0.2, 0.25) is 0 Å². The van der Waals surface area contributed by atoms with E-state index in [0.717, 1.165) is 55.5 Å². The van der Waals surface area contributed by atoms with Gasteiger partial charge in [0, 0.05) is 42.5 Å². The van der Waals surface area contributed by atoms with Gasteiger partial charge in [0.25, 0.3) is 0 Å². The lowest BCUT2D eigenvalue weighted by Gasteiger charge is -2.36. The third-order valence-electron chi connectivity index (χ3n) is 7.93. The zero-order valence-electron chi connectivity index (χ0n) is 21.6. The zero-order chi connectivity index (χ0) is 26.1. The van der Waals surface area contributed by atoms with Gasteiger partial charge >= 0.3 is 0 Å². The number of furan rings is 1. The first-order valence-electron chi connectivity index (χ1n) is 13.2. The SMILES string of the molecule is CC1(C)c2ccccc2Sc2cccc(-c3nc(-c4ccc5c(c4)oc4ccccc45)c4ccccc4n3)c21. The molecule has 0 unspecified atom stereocenters. The average Bonchev–Trinajstić information content (AvgIpc) is 3.34. The Bertz CT molecular complexity index is 2090. The molecule has 0 fully saturated rings. The van der Waals surface area contributed by atoms with Crippen LogP contribution in [0.1, 0.15) is 25.0 Å². The van der Waals surface area contributed by atoms with Gasteiger partial charge in [-0.05, 0) is 47.5 Å². The number of hydrogen-bond acceptors (Lipinski definition) is 4. The number of nitrogens with zero attached hydrogens (tertiary/aromatic N) is 2. The second kappa shape index (κ2) is 8.29. The number of hydrogen-bond donors (Lipinski definition) is 0. The summed E-state index contributed by atoms with van der Waals surface area (Å²) in [6, 6.07) is 38.1. The Hall–Kier alpha value is -4.41. The van der Waals surface area contributed by atoms with Crippen LogP contribution in [0.15, 0.2) is 123 Å². The minimum atomic E-state index is -0.184. The van der Waals surface area contributed by atoms with Gasteiger partial charge in [0.05, 0.1) is 11.2 Å². The Morgan fingerprint density at radius 3 is 2.31 bits per heavy atom. The van der Waals surface area contributed by atoms with Crippen LogP contribution in [0, 0.1) is 0 Å². The van der Waals surface area contributed by atoms with Gasteiger partial charge in [-0.3, -0.25) is 0 Å². The third kappa shape index (κ3) is 3.38. The molecular weight excluding hydrogens is 496 g/mol. The summed E-state index contributed by atoms with van der Waals surface area (Å²) in [5.41, 5.74) is 8.14. The summed E-state index contributed by atoms with van der Waals surface area (Å²) in [6.45, 7) is 4.62. The Kier molecular flexibility index (Phi) is 4.80. The Balaban J connectivity index is 1.37. The lowest BCUT2D eigenvalue weighted by Crippen LogP contribution is -2.25. The number of aromatic nitrogens is 2. The van der Waals surface area contributed by atoms with E-state index in [4.69, 9.17) is 14.4 Å². The monoisotopic (exact) mass is 520 g/mol. The Labute approximate surface area is 230 Å². The summed E-state index contributed by atoms with van der Waals surface area (Å²) < 4.78 is 6.23. The van der Waals surface area contributed by atoms with Gasteiger partial charge in [0.1, 0.15) is 11.2 Å². The van der Waals surface area contributed by atoms with Crippen molar-refractivity contribution in [1.82, 2.24) is 9.97 Å². The molecule has 4 heteroatoms. The molecule has 5 aromatic carbocycles. The van der Waals surface area contributed by atoms with Gasteiger partial charge in [-0.25, -0.2) is 9.97 Å². The highest BCUT2D eigenvalue weighted by atomic mass is 32.2. The number of fused-ring (bicyclic) bond motifs is 6. The molecule has 3 heterocycles. The number of rotatable bonds is 2. The summed E-state index contributed by atoms with van der Waals surface area (Å²) in [5.74, 6) is 0.748. The molecule has 0 saturated heterocycles. The van der Waals surface area contributed by atoms with Gasteiger partial charge in [0.15, 0.2) is 5.82 Å². The van der Waals surface area contributed by atoms with Crippen molar-refractivity contribution in [2.45, 2.75) is 29.1 Å². The minimum absolute atomic E-state index is 0.184. The molecule has 1 aliphatic rings. The molecule has 2 aromatic heterocycles. The van der Waals surface area contributed by atoms with E-state index in [-0.39, 0.29) is 5.41 Å². The van der Waals surface area contributed by atoms with E-state index in [2.05, 4.69) is 98.8 Å². The third-order valence-corrected chi connectivity index (χ3v) is 9.06. The van der Waals surface area contributed by atoms with Crippen molar-refractivity contribution in [3.63, 3.8) is 0 Å². The van der Waals surface area contributed by atoms with Crippen LogP contribution >= 0.6 is 11.8 Å². The van der Waals surface area contributed by atoms with Crippen molar-refractivity contribution < 1.29 is 4.42 Å². The van der Waals surface area contributed by atoms with Crippen LogP contribution in [0.5, 0.6) is 0 Å². The van der Waals surface area contributed by atoms with Crippen molar-refractivity contribution >= 4 is 44.6 Å². The molecule has 0 atom stereocenters. The summed E-state index contributed by atoms with van der Waals surface area (Å²) in [7, 11) is 0. The smallest absolute Gasteiger partial charge is 0.160 e. The van der Waals surface area contributed by atoms with Crippen LogP contribution in [-0.4, -0.2) is 9.97 Å². The molecule has 0 aliphatic carbocycles. The maximum atomic E-state index is 6.23. The number of benzene rings is 5. The second-order valence-corrected chi connectivity index (χ2v) is 11.7. The first-order valence-corrected chi connectivity index (χ1v) is 14.0. The van der Waals surface area contributed by atoms with E-state index in [0.29, 0.717) is 0 Å². The van der Waals surface area contributed by atoms with Crippen LogP contribution in [0.2, 0.25) is 0 Å². The van der Waals surface area contributed by atoms with Crippen LogP contribution in [0.25, 0.3) is 55.5 Å². The average molecular weight is 521 g/mol. The molecule has 0 amide bonds. The highest BCUT2D eigenvalue weighted by Crippen LogP contribution is 2.51. The number of para-hydroxylation sites is 2. The van der Waals surface area contributed by atoms with E-state index in [1.54, 1.807) is 0 Å². The standard InChI is InChI=1S/C35H24N2OS/c1-35(2)26-13-5-8-16-30(26)39-31-17-9-12-25(32(31)35)34-36-27-14-6-3-11-24(27)33(37-34)21-18-19-23-22-10-4-7-15-28(22)38-29(23)20-21/h3-20H,1-2H3. The summed E-state index contributed by atoms with van der Waals surface area (Å²) >= 11 is 1.83. The largest absolute Gasteiger partial charge is 0.456 e. The van der Waals surface area contributed by atoms with Crippen molar-refractivity contribution in [1.29, 1.82) is 0 Å². The lowest BCUT2D eigenvalue weighted by atomic mass is 9.75. The van der Waals surface area contributed by atoms with Crippen molar-refractivity contribution in [3.8, 4) is 22.6 Å². The first kappa shape index (κ1) is 22.6. The van der Waals surface area contributed by atoms with Gasteiger partial charge in [-0.15, -0.1) is 0 Å². The van der Waals surface area contributed by atoms with Crippen LogP contribution in [-0.2, 0) is 5.41 Å². The molecule has 0 radical (unpaired) electrons. The second-order valence-electron chi connectivity index (χ2n) is 10.6. The molecular formula is C35H24N2OS. The van der Waals surface area contributed by atoms with Crippen molar-refractivity contribution in [2.24, 2.45) is 0 Å². The van der Waals surface area contributed by atoms with Crippen molar-refractivity contribution in [2.75, 3.05) is 0 Å². The van der Waals surface area contributed by atoms with E-state index in [9.17, 15) is 0 Å². The van der Waals surface area contributed by atoms with Crippen LogP contribution < -0.4 is 0 Å². The highest BCUT2D eigenvalue weighted by Gasteiger charge is 2.35. The normalized spacial score (nSPS) is 14.0. The molecule has 0 spiro atoms. The van der Waals surface area contributed by atoms with Gasteiger partial charge in [-0.2, -0.15) is 0 Å². The first-order chi connectivity index (χ1) is 19.1. The lowest BCUT2D eigenvalue weighted by molar-refractivity contribution is 0.608. The predicted molar refractivity (Wildman–Crippen MR) is 160 cm³/mol. The summed E-state index contributed by atoms with van der Waals surface area (Å²) in [4.78, 5) is 13.0. The van der Waals surface area contributed by atoms with E-state index >= 15 is 0 Å². The van der Waals surface area contributed by atoms with Gasteiger partial charge < -0.3 is 4.42 Å². The molecule has 39 heavy (non-hydrogen) atoms. The topological polar surface area (TPSA) is 38.9 Å². The van der Waals surface area contributed by atoms with E-state index in [1.807, 2.05) is 36.0 Å². The fourth-order valence-electron chi connectivity index (χ4n) is 6.06. The maximum absolute atomic E-state index is 6.23. The van der Waals surface area contributed by atoms with E-state index < -0.39 is 0 Å². The van der Waals surface area contributed by atoms with Crippen molar-refractivity contribution in [3.05, 3.63) is 120 Å². The summed E-state index contributed by atoms with van der Waals surface area (Å²) in [5, 5.41) is 3.27.